The predicted molar refractivity (Wildman–Crippen MR) is 51.8 cm³/mol. The van der Waals surface area contributed by atoms with Crippen LogP contribution < -0.4 is 17.2 Å². The summed E-state index contributed by atoms with van der Waals surface area (Å²) in [7, 11) is 0. The van der Waals surface area contributed by atoms with Gasteiger partial charge in [-0.25, -0.2) is 4.39 Å². The van der Waals surface area contributed by atoms with E-state index in [2.05, 4.69) is 0 Å². The van der Waals surface area contributed by atoms with Crippen LogP contribution in [0.5, 0.6) is 0 Å². The Labute approximate surface area is 80.6 Å². The number of nitrogen functional groups attached to an aromatic ring is 1. The van der Waals surface area contributed by atoms with Gasteiger partial charge in [0.15, 0.2) is 0 Å². The molecule has 1 rings (SSSR count). The standard InChI is InChI=1S/C8H11ClFN3/c9-5-1-4(8(13)3-11)6(10)2-7(5)12/h1-2,8H,3,11-13H2/t8-/m0/s1. The SMILES string of the molecule is NC[C@H](N)c1cc(Cl)c(N)cc1F. The quantitative estimate of drug-likeness (QED) is 0.628. The van der Waals surface area contributed by atoms with Crippen LogP contribution in [0.15, 0.2) is 12.1 Å². The van der Waals surface area contributed by atoms with E-state index in [9.17, 15) is 4.39 Å². The van der Waals surface area contributed by atoms with E-state index < -0.39 is 11.9 Å². The van der Waals surface area contributed by atoms with Gasteiger partial charge in [-0.3, -0.25) is 0 Å². The van der Waals surface area contributed by atoms with E-state index in [-0.39, 0.29) is 12.2 Å². The lowest BCUT2D eigenvalue weighted by Crippen LogP contribution is -2.22. The van der Waals surface area contributed by atoms with Crippen LogP contribution in [0.4, 0.5) is 10.1 Å². The summed E-state index contributed by atoms with van der Waals surface area (Å²) in [6, 6.07) is 2.01. The van der Waals surface area contributed by atoms with Gasteiger partial charge < -0.3 is 17.2 Å². The first kappa shape index (κ1) is 10.2. The fraction of sp³-hybridized carbons (Fsp3) is 0.250. The Kier molecular flexibility index (Phi) is 3.08. The van der Waals surface area contributed by atoms with Gasteiger partial charge in [-0.15, -0.1) is 0 Å². The van der Waals surface area contributed by atoms with Gasteiger partial charge in [-0.1, -0.05) is 11.6 Å². The van der Waals surface area contributed by atoms with E-state index in [0.29, 0.717) is 10.6 Å². The Bertz CT molecular complexity index is 317. The third-order valence-corrected chi connectivity index (χ3v) is 2.10. The van der Waals surface area contributed by atoms with Crippen molar-refractivity contribution in [3.8, 4) is 0 Å². The number of hydrogen-bond acceptors (Lipinski definition) is 3. The highest BCUT2D eigenvalue weighted by atomic mass is 35.5. The molecular weight excluding hydrogens is 193 g/mol. The van der Waals surface area contributed by atoms with Gasteiger partial charge in [0, 0.05) is 18.2 Å². The lowest BCUT2D eigenvalue weighted by atomic mass is 10.1. The number of halogens is 2. The van der Waals surface area contributed by atoms with Gasteiger partial charge in [0.05, 0.1) is 10.7 Å². The maximum atomic E-state index is 13.2. The zero-order chi connectivity index (χ0) is 10.0. The third-order valence-electron chi connectivity index (χ3n) is 1.77. The van der Waals surface area contributed by atoms with E-state index in [4.69, 9.17) is 28.8 Å². The number of nitrogens with two attached hydrogens (primary N) is 3. The summed E-state index contributed by atoms with van der Waals surface area (Å²) in [6.07, 6.45) is 0. The second-order valence-electron chi connectivity index (χ2n) is 2.74. The van der Waals surface area contributed by atoms with Gasteiger partial charge in [0.1, 0.15) is 5.82 Å². The van der Waals surface area contributed by atoms with Crippen molar-refractivity contribution in [2.45, 2.75) is 6.04 Å². The fourth-order valence-corrected chi connectivity index (χ4v) is 1.16. The Morgan fingerprint density at radius 1 is 1.46 bits per heavy atom. The lowest BCUT2D eigenvalue weighted by molar-refractivity contribution is 0.585. The van der Waals surface area contributed by atoms with Crippen molar-refractivity contribution in [3.63, 3.8) is 0 Å². The van der Waals surface area contributed by atoms with Crippen molar-refractivity contribution in [2.75, 3.05) is 12.3 Å². The molecule has 0 saturated heterocycles. The molecule has 0 spiro atoms. The molecule has 0 heterocycles. The molecule has 0 aliphatic rings. The molecular formula is C8H11ClFN3. The van der Waals surface area contributed by atoms with Gasteiger partial charge in [-0.2, -0.15) is 0 Å². The van der Waals surface area contributed by atoms with Crippen LogP contribution in [0.1, 0.15) is 11.6 Å². The van der Waals surface area contributed by atoms with Crippen LogP contribution >= 0.6 is 11.6 Å². The van der Waals surface area contributed by atoms with Crippen LogP contribution in [-0.2, 0) is 0 Å². The highest BCUT2D eigenvalue weighted by Gasteiger charge is 2.12. The zero-order valence-corrected chi connectivity index (χ0v) is 7.68. The summed E-state index contributed by atoms with van der Waals surface area (Å²) in [4.78, 5) is 0. The van der Waals surface area contributed by atoms with Gasteiger partial charge >= 0.3 is 0 Å². The predicted octanol–water partition coefficient (Wildman–Crippen LogP) is 1.02. The van der Waals surface area contributed by atoms with Crippen molar-refractivity contribution in [1.29, 1.82) is 0 Å². The monoisotopic (exact) mass is 203 g/mol. The summed E-state index contributed by atoms with van der Waals surface area (Å²) in [6.45, 7) is 0.164. The lowest BCUT2D eigenvalue weighted by Gasteiger charge is -2.11. The molecule has 72 valence electrons. The molecule has 1 aromatic rings. The number of anilines is 1. The minimum atomic E-state index is -0.543. The molecule has 0 amide bonds. The smallest absolute Gasteiger partial charge is 0.130 e. The van der Waals surface area contributed by atoms with Gasteiger partial charge in [0.2, 0.25) is 0 Å². The molecule has 0 fully saturated rings. The Morgan fingerprint density at radius 2 is 2.08 bits per heavy atom. The van der Waals surface area contributed by atoms with Crippen LogP contribution in [0.2, 0.25) is 5.02 Å². The molecule has 0 unspecified atom stereocenters. The zero-order valence-electron chi connectivity index (χ0n) is 6.93. The average molecular weight is 204 g/mol. The third kappa shape index (κ3) is 2.09. The molecule has 3 nitrogen and oxygen atoms in total. The molecule has 0 aliphatic heterocycles. The first-order valence-corrected chi connectivity index (χ1v) is 4.14. The second kappa shape index (κ2) is 3.91. The molecule has 0 saturated carbocycles. The molecule has 1 aromatic carbocycles. The van der Waals surface area contributed by atoms with E-state index in [1.165, 1.54) is 6.07 Å². The summed E-state index contributed by atoms with van der Waals surface area (Å²) in [5.74, 6) is -0.472. The fourth-order valence-electron chi connectivity index (χ4n) is 0.989. The Balaban J connectivity index is 3.15. The molecule has 0 bridgehead atoms. The number of benzene rings is 1. The second-order valence-corrected chi connectivity index (χ2v) is 3.14. The summed E-state index contributed by atoms with van der Waals surface area (Å²) < 4.78 is 13.2. The van der Waals surface area contributed by atoms with Gasteiger partial charge in [-0.05, 0) is 12.1 Å². The van der Waals surface area contributed by atoms with Crippen molar-refractivity contribution >= 4 is 17.3 Å². The van der Waals surface area contributed by atoms with E-state index >= 15 is 0 Å². The van der Waals surface area contributed by atoms with Crippen molar-refractivity contribution in [1.82, 2.24) is 0 Å². The largest absolute Gasteiger partial charge is 0.397 e. The average Bonchev–Trinajstić information content (AvgIpc) is 2.10. The van der Waals surface area contributed by atoms with Crippen molar-refractivity contribution < 1.29 is 4.39 Å². The van der Waals surface area contributed by atoms with Crippen LogP contribution in [0.3, 0.4) is 0 Å². The van der Waals surface area contributed by atoms with Gasteiger partial charge in [0.25, 0.3) is 0 Å². The maximum absolute atomic E-state index is 13.2. The van der Waals surface area contributed by atoms with E-state index in [0.717, 1.165) is 6.07 Å². The summed E-state index contributed by atoms with van der Waals surface area (Å²) >= 11 is 5.70. The highest BCUT2D eigenvalue weighted by Crippen LogP contribution is 2.25. The minimum absolute atomic E-state index is 0.164. The molecule has 1 atom stereocenters. The number of rotatable bonds is 2. The summed E-state index contributed by atoms with van der Waals surface area (Å²) in [5.41, 5.74) is 16.7. The first-order chi connectivity index (χ1) is 6.06. The summed E-state index contributed by atoms with van der Waals surface area (Å²) in [5, 5.41) is 0.292. The first-order valence-electron chi connectivity index (χ1n) is 3.76. The van der Waals surface area contributed by atoms with Crippen molar-refractivity contribution in [3.05, 3.63) is 28.5 Å². The van der Waals surface area contributed by atoms with Crippen LogP contribution in [-0.4, -0.2) is 6.54 Å². The minimum Gasteiger partial charge on any atom is -0.397 e. The Hall–Kier alpha value is -0.840. The maximum Gasteiger partial charge on any atom is 0.130 e. The molecule has 0 aliphatic carbocycles. The highest BCUT2D eigenvalue weighted by molar-refractivity contribution is 6.33. The van der Waals surface area contributed by atoms with Crippen LogP contribution in [0, 0.1) is 5.82 Å². The van der Waals surface area contributed by atoms with Crippen LogP contribution in [0.25, 0.3) is 0 Å². The van der Waals surface area contributed by atoms with E-state index in [1.54, 1.807) is 0 Å². The Morgan fingerprint density at radius 3 is 2.62 bits per heavy atom. The molecule has 13 heavy (non-hydrogen) atoms. The topological polar surface area (TPSA) is 78.1 Å². The molecule has 0 radical (unpaired) electrons. The van der Waals surface area contributed by atoms with Crippen molar-refractivity contribution in [2.24, 2.45) is 11.5 Å². The molecule has 0 aromatic heterocycles. The number of hydrogen-bond donors (Lipinski definition) is 3. The molecule has 6 N–H and O–H groups in total. The van der Waals surface area contributed by atoms with E-state index in [1.807, 2.05) is 0 Å². The molecule has 5 heteroatoms. The normalized spacial score (nSPS) is 12.9.